The fourth-order valence-electron chi connectivity index (χ4n) is 3.69. The molecule has 1 atom stereocenters. The van der Waals surface area contributed by atoms with Gasteiger partial charge in [0.15, 0.2) is 0 Å². The van der Waals surface area contributed by atoms with Crippen molar-refractivity contribution in [3.63, 3.8) is 0 Å². The number of aromatic nitrogens is 2. The number of halogens is 1. The smallest absolute Gasteiger partial charge is 0.220 e. The lowest BCUT2D eigenvalue weighted by molar-refractivity contribution is -0.122. The number of ether oxygens (including phenoxy) is 1. The van der Waals surface area contributed by atoms with Crippen molar-refractivity contribution < 1.29 is 9.53 Å². The van der Waals surface area contributed by atoms with Gasteiger partial charge in [-0.15, -0.1) is 0 Å². The van der Waals surface area contributed by atoms with E-state index in [0.717, 1.165) is 34.3 Å². The molecule has 1 unspecified atom stereocenters. The second-order valence-corrected chi connectivity index (χ2v) is 8.36. The number of fused-ring (bicyclic) bond motifs is 1. The van der Waals surface area contributed by atoms with Crippen LogP contribution in [0, 0.1) is 17.8 Å². The average molecular weight is 469 g/mol. The summed E-state index contributed by atoms with van der Waals surface area (Å²) in [7, 11) is 0. The number of piperidine rings is 1. The van der Waals surface area contributed by atoms with Gasteiger partial charge in [-0.25, -0.2) is 9.97 Å². The molecule has 3 aromatic carbocycles. The third-order valence-electron chi connectivity index (χ3n) is 5.49. The molecule has 4 aromatic rings. The predicted octanol–water partition coefficient (Wildman–Crippen LogP) is 5.70. The maximum absolute atomic E-state index is 11.3. The van der Waals surface area contributed by atoms with Crippen molar-refractivity contribution in [2.45, 2.75) is 12.8 Å². The number of hydrogen-bond donors (Lipinski definition) is 2. The van der Waals surface area contributed by atoms with E-state index >= 15 is 0 Å². The molecule has 1 amide bonds. The Kier molecular flexibility index (Phi) is 6.28. The summed E-state index contributed by atoms with van der Waals surface area (Å²) in [4.78, 5) is 20.1. The molecule has 168 valence electrons. The number of hydrogen-bond acceptors (Lipinski definition) is 5. The molecule has 5 rings (SSSR count). The van der Waals surface area contributed by atoms with Crippen LogP contribution in [-0.4, -0.2) is 22.4 Å². The van der Waals surface area contributed by atoms with Crippen molar-refractivity contribution in [2.75, 3.05) is 11.9 Å². The first kappa shape index (κ1) is 21.7. The standard InChI is InChI=1S/C27H21ClN4O2/c28-23-15-20(10-12-25(23)34-21-4-2-1-3-5-21)32-27-22-14-18(8-11-24(22)30-17-31-27)6-7-19-9-13-26(33)29-16-19/h1-5,8,10-12,14-15,17,19H,9,13,16H2,(H,29,33)(H,30,31,32). The first-order chi connectivity index (χ1) is 16.6. The highest BCUT2D eigenvalue weighted by molar-refractivity contribution is 6.32. The Morgan fingerprint density at radius 2 is 1.94 bits per heavy atom. The molecule has 0 spiro atoms. The number of anilines is 2. The Morgan fingerprint density at radius 3 is 2.74 bits per heavy atom. The third kappa shape index (κ3) is 5.11. The molecule has 2 N–H and O–H groups in total. The molecule has 2 heterocycles. The molecular weight excluding hydrogens is 448 g/mol. The fraction of sp³-hybridized carbons (Fsp3) is 0.148. The summed E-state index contributed by atoms with van der Waals surface area (Å²) in [6.45, 7) is 0.597. The lowest BCUT2D eigenvalue weighted by atomic mass is 9.99. The number of nitrogens with zero attached hydrogens (tertiary/aromatic N) is 2. The van der Waals surface area contributed by atoms with Gasteiger partial charge < -0.3 is 15.4 Å². The second kappa shape index (κ2) is 9.82. The second-order valence-electron chi connectivity index (χ2n) is 7.95. The molecular formula is C27H21ClN4O2. The molecule has 0 saturated carbocycles. The molecule has 34 heavy (non-hydrogen) atoms. The van der Waals surface area contributed by atoms with Gasteiger partial charge in [0.05, 0.1) is 10.5 Å². The van der Waals surface area contributed by atoms with Crippen LogP contribution in [0.4, 0.5) is 11.5 Å². The lowest BCUT2D eigenvalue weighted by Crippen LogP contribution is -2.34. The number of carbonyl (C=O) groups is 1. The topological polar surface area (TPSA) is 76.1 Å². The summed E-state index contributed by atoms with van der Waals surface area (Å²) in [6.07, 6.45) is 2.83. The molecule has 0 bridgehead atoms. The van der Waals surface area contributed by atoms with Gasteiger partial charge in [-0.1, -0.05) is 41.6 Å². The molecule has 0 radical (unpaired) electrons. The van der Waals surface area contributed by atoms with Crippen molar-refractivity contribution >= 4 is 39.9 Å². The van der Waals surface area contributed by atoms with E-state index in [4.69, 9.17) is 16.3 Å². The Labute approximate surface area is 202 Å². The third-order valence-corrected chi connectivity index (χ3v) is 5.78. The first-order valence-electron chi connectivity index (χ1n) is 11.0. The van der Waals surface area contributed by atoms with Gasteiger partial charge in [0, 0.05) is 35.5 Å². The van der Waals surface area contributed by atoms with E-state index in [-0.39, 0.29) is 11.8 Å². The highest BCUT2D eigenvalue weighted by Gasteiger charge is 2.15. The van der Waals surface area contributed by atoms with Crippen LogP contribution in [0.2, 0.25) is 5.02 Å². The maximum Gasteiger partial charge on any atom is 0.220 e. The number of amides is 1. The summed E-state index contributed by atoms with van der Waals surface area (Å²) in [5.41, 5.74) is 2.45. The summed E-state index contributed by atoms with van der Waals surface area (Å²) < 4.78 is 5.86. The van der Waals surface area contributed by atoms with Crippen LogP contribution in [0.1, 0.15) is 18.4 Å². The fourth-order valence-corrected chi connectivity index (χ4v) is 3.91. The molecule has 1 saturated heterocycles. The van der Waals surface area contributed by atoms with Gasteiger partial charge >= 0.3 is 0 Å². The summed E-state index contributed by atoms with van der Waals surface area (Å²) >= 11 is 6.47. The van der Waals surface area contributed by atoms with Crippen molar-refractivity contribution in [3.05, 3.63) is 83.6 Å². The predicted molar refractivity (Wildman–Crippen MR) is 133 cm³/mol. The highest BCUT2D eigenvalue weighted by Crippen LogP contribution is 2.33. The Balaban J connectivity index is 1.37. The van der Waals surface area contributed by atoms with E-state index in [1.54, 1.807) is 6.07 Å². The van der Waals surface area contributed by atoms with Crippen LogP contribution < -0.4 is 15.4 Å². The summed E-state index contributed by atoms with van der Waals surface area (Å²) in [6, 6.07) is 20.9. The largest absolute Gasteiger partial charge is 0.456 e. The molecule has 1 aliphatic rings. The molecule has 1 aromatic heterocycles. The molecule has 1 aliphatic heterocycles. The average Bonchev–Trinajstić information content (AvgIpc) is 2.86. The molecule has 7 heteroatoms. The van der Waals surface area contributed by atoms with Gasteiger partial charge in [0.1, 0.15) is 23.6 Å². The Morgan fingerprint density at radius 1 is 1.06 bits per heavy atom. The Bertz CT molecular complexity index is 1400. The van der Waals surface area contributed by atoms with Crippen LogP contribution in [0.15, 0.2) is 73.1 Å². The van der Waals surface area contributed by atoms with Crippen LogP contribution >= 0.6 is 11.6 Å². The quantitative estimate of drug-likeness (QED) is 0.376. The van der Waals surface area contributed by atoms with Crippen molar-refractivity contribution in [3.8, 4) is 23.3 Å². The number of nitrogens with one attached hydrogen (secondary N) is 2. The van der Waals surface area contributed by atoms with Gasteiger partial charge in [0.2, 0.25) is 5.91 Å². The van der Waals surface area contributed by atoms with Gasteiger partial charge in [-0.2, -0.15) is 0 Å². The number of rotatable bonds is 4. The number of carbonyl (C=O) groups excluding carboxylic acids is 1. The minimum atomic E-state index is 0.0939. The number of para-hydroxylation sites is 1. The monoisotopic (exact) mass is 468 g/mol. The van der Waals surface area contributed by atoms with Crippen LogP contribution in [0.3, 0.4) is 0 Å². The van der Waals surface area contributed by atoms with Gasteiger partial charge in [-0.3, -0.25) is 4.79 Å². The van der Waals surface area contributed by atoms with E-state index < -0.39 is 0 Å². The van der Waals surface area contributed by atoms with Crippen molar-refractivity contribution in [1.82, 2.24) is 15.3 Å². The summed E-state index contributed by atoms with van der Waals surface area (Å²) in [5, 5.41) is 7.53. The Hall–Kier alpha value is -4.08. The minimum absolute atomic E-state index is 0.0939. The maximum atomic E-state index is 11.3. The first-order valence-corrected chi connectivity index (χ1v) is 11.3. The molecule has 0 aliphatic carbocycles. The summed E-state index contributed by atoms with van der Waals surface area (Å²) in [5.74, 6) is 8.71. The van der Waals surface area contributed by atoms with Crippen LogP contribution in [0.5, 0.6) is 11.5 Å². The zero-order valence-electron chi connectivity index (χ0n) is 18.2. The highest BCUT2D eigenvalue weighted by atomic mass is 35.5. The van der Waals surface area contributed by atoms with E-state index in [0.29, 0.717) is 29.6 Å². The van der Waals surface area contributed by atoms with Crippen LogP contribution in [0.25, 0.3) is 10.9 Å². The van der Waals surface area contributed by atoms with Gasteiger partial charge in [-0.05, 0) is 55.0 Å². The van der Waals surface area contributed by atoms with E-state index in [1.165, 1.54) is 6.33 Å². The molecule has 6 nitrogen and oxygen atoms in total. The van der Waals surface area contributed by atoms with E-state index in [9.17, 15) is 4.79 Å². The van der Waals surface area contributed by atoms with E-state index in [2.05, 4.69) is 32.4 Å². The SMILES string of the molecule is O=C1CCC(C#Cc2ccc3ncnc(Nc4ccc(Oc5ccccc5)c(Cl)c4)c3c2)CN1. The normalized spacial score (nSPS) is 15.2. The molecule has 1 fully saturated rings. The van der Waals surface area contributed by atoms with Crippen LogP contribution in [-0.2, 0) is 4.79 Å². The van der Waals surface area contributed by atoms with Crippen molar-refractivity contribution in [1.29, 1.82) is 0 Å². The van der Waals surface area contributed by atoms with Gasteiger partial charge in [0.25, 0.3) is 0 Å². The zero-order valence-corrected chi connectivity index (χ0v) is 19.0. The zero-order chi connectivity index (χ0) is 23.3. The van der Waals surface area contributed by atoms with Crippen molar-refractivity contribution in [2.24, 2.45) is 5.92 Å². The number of benzene rings is 3. The minimum Gasteiger partial charge on any atom is -0.456 e. The lowest BCUT2D eigenvalue weighted by Gasteiger charge is -2.17. The van der Waals surface area contributed by atoms with E-state index in [1.807, 2.05) is 60.7 Å².